The molecule has 0 fully saturated rings. The average molecular weight is 262 g/mol. The number of anilines is 1. The van der Waals surface area contributed by atoms with E-state index in [0.29, 0.717) is 22.4 Å². The third kappa shape index (κ3) is 2.96. The van der Waals surface area contributed by atoms with Gasteiger partial charge in [0.2, 0.25) is 0 Å². The Morgan fingerprint density at radius 3 is 2.28 bits per heavy atom. The average Bonchev–Trinajstić information content (AvgIpc) is 2.33. The highest BCUT2D eigenvalue weighted by Crippen LogP contribution is 2.31. The van der Waals surface area contributed by atoms with Crippen molar-refractivity contribution in [3.05, 3.63) is 53.1 Å². The minimum atomic E-state index is 0.513. The molecule has 2 N–H and O–H groups in total. The van der Waals surface area contributed by atoms with Crippen molar-refractivity contribution >= 4 is 17.3 Å². The van der Waals surface area contributed by atoms with Gasteiger partial charge in [-0.25, -0.2) is 0 Å². The number of halogens is 1. The Hall–Kier alpha value is -1.67. The molecule has 0 aliphatic rings. The topological polar surface area (TPSA) is 35.2 Å². The minimum Gasteiger partial charge on any atom is -0.456 e. The molecule has 0 saturated carbocycles. The maximum atomic E-state index is 6.06. The summed E-state index contributed by atoms with van der Waals surface area (Å²) < 4.78 is 5.71. The first-order valence-electron chi connectivity index (χ1n) is 5.89. The predicted molar refractivity (Wildman–Crippen MR) is 76.5 cm³/mol. The Balaban J connectivity index is 2.18. The summed E-state index contributed by atoms with van der Waals surface area (Å²) >= 11 is 6.06. The molecule has 0 aromatic heterocycles. The maximum Gasteiger partial charge on any atom is 0.146 e. The van der Waals surface area contributed by atoms with Crippen LogP contribution in [0.1, 0.15) is 25.3 Å². The number of hydrogen-bond acceptors (Lipinski definition) is 2. The van der Waals surface area contributed by atoms with Crippen LogP contribution in [0.4, 0.5) is 5.69 Å². The SMILES string of the molecule is CC(C)c1ccc(Oc2ccc(N)cc2Cl)cc1. The quantitative estimate of drug-likeness (QED) is 0.803. The van der Waals surface area contributed by atoms with Crippen LogP contribution in [0.3, 0.4) is 0 Å². The van der Waals surface area contributed by atoms with Gasteiger partial charge < -0.3 is 10.5 Å². The number of benzene rings is 2. The molecule has 94 valence electrons. The van der Waals surface area contributed by atoms with Gasteiger partial charge in [0, 0.05) is 5.69 Å². The Kier molecular flexibility index (Phi) is 3.78. The molecule has 0 atom stereocenters. The summed E-state index contributed by atoms with van der Waals surface area (Å²) in [7, 11) is 0. The van der Waals surface area contributed by atoms with Gasteiger partial charge in [0.05, 0.1) is 5.02 Å². The molecular weight excluding hydrogens is 246 g/mol. The van der Waals surface area contributed by atoms with Crippen LogP contribution < -0.4 is 10.5 Å². The Morgan fingerprint density at radius 2 is 1.72 bits per heavy atom. The Morgan fingerprint density at radius 1 is 1.06 bits per heavy atom. The summed E-state index contributed by atoms with van der Waals surface area (Å²) in [6.45, 7) is 4.32. The van der Waals surface area contributed by atoms with Crippen molar-refractivity contribution in [2.24, 2.45) is 0 Å². The molecule has 3 heteroatoms. The molecule has 0 aliphatic carbocycles. The van der Waals surface area contributed by atoms with Gasteiger partial charge in [-0.05, 0) is 41.8 Å². The van der Waals surface area contributed by atoms with Crippen LogP contribution in [0, 0.1) is 0 Å². The highest BCUT2D eigenvalue weighted by molar-refractivity contribution is 6.32. The van der Waals surface area contributed by atoms with E-state index >= 15 is 0 Å². The van der Waals surface area contributed by atoms with Gasteiger partial charge in [0.1, 0.15) is 11.5 Å². The normalized spacial score (nSPS) is 10.7. The summed E-state index contributed by atoms with van der Waals surface area (Å²) in [6, 6.07) is 13.2. The Labute approximate surface area is 112 Å². The molecule has 0 spiro atoms. The lowest BCUT2D eigenvalue weighted by Crippen LogP contribution is -1.90. The monoisotopic (exact) mass is 261 g/mol. The number of rotatable bonds is 3. The fourth-order valence-corrected chi connectivity index (χ4v) is 1.88. The molecule has 0 unspecified atom stereocenters. The summed E-state index contributed by atoms with van der Waals surface area (Å²) in [5, 5.41) is 0.517. The third-order valence-electron chi connectivity index (χ3n) is 2.73. The van der Waals surface area contributed by atoms with E-state index in [0.717, 1.165) is 5.75 Å². The van der Waals surface area contributed by atoms with Gasteiger partial charge >= 0.3 is 0 Å². The fourth-order valence-electron chi connectivity index (χ4n) is 1.65. The van der Waals surface area contributed by atoms with Gasteiger partial charge in [0.15, 0.2) is 0 Å². The van der Waals surface area contributed by atoms with Crippen LogP contribution in [-0.4, -0.2) is 0 Å². The molecule has 18 heavy (non-hydrogen) atoms. The second kappa shape index (κ2) is 5.32. The molecule has 0 amide bonds. The van der Waals surface area contributed by atoms with E-state index in [1.165, 1.54) is 5.56 Å². The largest absolute Gasteiger partial charge is 0.456 e. The summed E-state index contributed by atoms with van der Waals surface area (Å²) in [5.74, 6) is 1.90. The molecule has 2 aromatic rings. The lowest BCUT2D eigenvalue weighted by Gasteiger charge is -2.10. The molecule has 2 nitrogen and oxygen atoms in total. The van der Waals surface area contributed by atoms with Crippen molar-refractivity contribution in [3.63, 3.8) is 0 Å². The summed E-state index contributed by atoms with van der Waals surface area (Å²) in [5.41, 5.74) is 7.54. The van der Waals surface area contributed by atoms with Crippen LogP contribution in [0.5, 0.6) is 11.5 Å². The Bertz CT molecular complexity index is 535. The van der Waals surface area contributed by atoms with Crippen LogP contribution in [-0.2, 0) is 0 Å². The predicted octanol–water partition coefficient (Wildman–Crippen LogP) is 4.84. The lowest BCUT2D eigenvalue weighted by atomic mass is 10.0. The fraction of sp³-hybridized carbons (Fsp3) is 0.200. The van der Waals surface area contributed by atoms with E-state index in [4.69, 9.17) is 22.1 Å². The van der Waals surface area contributed by atoms with Crippen LogP contribution in [0.15, 0.2) is 42.5 Å². The van der Waals surface area contributed by atoms with E-state index in [1.807, 2.05) is 12.1 Å². The number of ether oxygens (including phenoxy) is 1. The lowest BCUT2D eigenvalue weighted by molar-refractivity contribution is 0.482. The second-order valence-corrected chi connectivity index (χ2v) is 4.92. The van der Waals surface area contributed by atoms with Crippen molar-refractivity contribution in [3.8, 4) is 11.5 Å². The van der Waals surface area contributed by atoms with E-state index in [2.05, 4.69) is 26.0 Å². The van der Waals surface area contributed by atoms with Crippen LogP contribution in [0.2, 0.25) is 5.02 Å². The van der Waals surface area contributed by atoms with Gasteiger partial charge in [-0.1, -0.05) is 37.6 Å². The van der Waals surface area contributed by atoms with E-state index in [9.17, 15) is 0 Å². The molecule has 0 heterocycles. The van der Waals surface area contributed by atoms with Crippen molar-refractivity contribution in [1.82, 2.24) is 0 Å². The van der Waals surface area contributed by atoms with E-state index in [-0.39, 0.29) is 0 Å². The number of nitrogen functional groups attached to an aromatic ring is 1. The van der Waals surface area contributed by atoms with E-state index < -0.39 is 0 Å². The number of hydrogen-bond donors (Lipinski definition) is 1. The van der Waals surface area contributed by atoms with Crippen molar-refractivity contribution < 1.29 is 4.74 Å². The van der Waals surface area contributed by atoms with Crippen molar-refractivity contribution in [2.45, 2.75) is 19.8 Å². The zero-order valence-electron chi connectivity index (χ0n) is 10.5. The molecule has 2 aromatic carbocycles. The van der Waals surface area contributed by atoms with Crippen LogP contribution >= 0.6 is 11.6 Å². The van der Waals surface area contributed by atoms with E-state index in [1.54, 1.807) is 18.2 Å². The summed E-state index contributed by atoms with van der Waals surface area (Å²) in [6.07, 6.45) is 0. The molecule has 0 saturated heterocycles. The first-order valence-corrected chi connectivity index (χ1v) is 6.27. The van der Waals surface area contributed by atoms with Crippen molar-refractivity contribution in [2.75, 3.05) is 5.73 Å². The highest BCUT2D eigenvalue weighted by Gasteiger charge is 2.04. The molecule has 0 aliphatic heterocycles. The van der Waals surface area contributed by atoms with Gasteiger partial charge in [-0.2, -0.15) is 0 Å². The first-order chi connectivity index (χ1) is 8.56. The molecular formula is C15H16ClNO. The second-order valence-electron chi connectivity index (χ2n) is 4.52. The highest BCUT2D eigenvalue weighted by atomic mass is 35.5. The van der Waals surface area contributed by atoms with Gasteiger partial charge in [-0.3, -0.25) is 0 Å². The summed E-state index contributed by atoms with van der Waals surface area (Å²) in [4.78, 5) is 0. The molecule has 2 rings (SSSR count). The zero-order chi connectivity index (χ0) is 13.1. The first kappa shape index (κ1) is 12.8. The molecule has 0 bridgehead atoms. The molecule has 0 radical (unpaired) electrons. The standard InChI is InChI=1S/C15H16ClNO/c1-10(2)11-3-6-13(7-4-11)18-15-8-5-12(17)9-14(15)16/h3-10H,17H2,1-2H3. The zero-order valence-corrected chi connectivity index (χ0v) is 11.2. The third-order valence-corrected chi connectivity index (χ3v) is 3.03. The van der Waals surface area contributed by atoms with Gasteiger partial charge in [0.25, 0.3) is 0 Å². The van der Waals surface area contributed by atoms with Crippen LogP contribution in [0.25, 0.3) is 0 Å². The van der Waals surface area contributed by atoms with Gasteiger partial charge in [-0.15, -0.1) is 0 Å². The maximum absolute atomic E-state index is 6.06. The number of nitrogens with two attached hydrogens (primary N) is 1. The minimum absolute atomic E-state index is 0.513. The smallest absolute Gasteiger partial charge is 0.146 e. The van der Waals surface area contributed by atoms with Crippen molar-refractivity contribution in [1.29, 1.82) is 0 Å².